The Bertz CT molecular complexity index is 129. The summed E-state index contributed by atoms with van der Waals surface area (Å²) in [6.07, 6.45) is 3.75. The summed E-state index contributed by atoms with van der Waals surface area (Å²) in [6.45, 7) is 6.76. The highest BCUT2D eigenvalue weighted by atomic mass is 35.5. The van der Waals surface area contributed by atoms with Gasteiger partial charge in [-0.05, 0) is 33.0 Å². The first-order chi connectivity index (χ1) is 5.16. The Kier molecular flexibility index (Phi) is 8.88. The molecule has 1 N–H and O–H groups in total. The second-order valence-electron chi connectivity index (χ2n) is 2.65. The standard InChI is InChI=1S/C8H18NPS.ClH/c1-5-10(6-2,7-3)8(11)9-4;/h5-7H2,1-4H3;1H. The molecule has 0 saturated carbocycles. The van der Waals surface area contributed by atoms with Gasteiger partial charge in [-0.2, -0.15) is 0 Å². The second-order valence-corrected chi connectivity index (χ2v) is 7.99. The molecule has 12 heavy (non-hydrogen) atoms. The molecule has 0 rings (SSSR count). The Morgan fingerprint density at radius 1 is 1.17 bits per heavy atom. The summed E-state index contributed by atoms with van der Waals surface area (Å²) >= 11 is 5.32. The number of hydrogen-bond acceptors (Lipinski definition) is 1. The molecule has 0 aromatic heterocycles. The van der Waals surface area contributed by atoms with Crippen molar-refractivity contribution in [3.8, 4) is 0 Å². The van der Waals surface area contributed by atoms with Crippen LogP contribution in [0.1, 0.15) is 20.8 Å². The summed E-state index contributed by atoms with van der Waals surface area (Å²) in [6, 6.07) is 0. The van der Waals surface area contributed by atoms with Crippen LogP contribution >= 0.6 is 19.5 Å². The average molecular weight is 228 g/mol. The van der Waals surface area contributed by atoms with Crippen LogP contribution in [0.2, 0.25) is 0 Å². The highest BCUT2D eigenvalue weighted by Crippen LogP contribution is 2.58. The molecule has 0 radical (unpaired) electrons. The molecule has 0 aliphatic carbocycles. The summed E-state index contributed by atoms with van der Waals surface area (Å²) in [7, 11) is 1.03. The monoisotopic (exact) mass is 227 g/mol. The predicted molar refractivity (Wildman–Crippen MR) is 60.2 cm³/mol. The Labute approximate surface area is 88.4 Å². The lowest BCUT2D eigenvalue weighted by molar-refractivity contribution is -0.00000244. The maximum absolute atomic E-state index is 5.32. The van der Waals surface area contributed by atoms with E-state index < -0.39 is 7.26 Å². The van der Waals surface area contributed by atoms with E-state index in [1.165, 1.54) is 18.5 Å². The van der Waals surface area contributed by atoms with Crippen LogP contribution < -0.4 is 17.7 Å². The van der Waals surface area contributed by atoms with Crippen LogP contribution in [0.25, 0.3) is 0 Å². The van der Waals surface area contributed by atoms with Crippen molar-refractivity contribution in [2.45, 2.75) is 20.8 Å². The molecular formula is C8H19ClNPS. The van der Waals surface area contributed by atoms with Gasteiger partial charge in [0, 0.05) is 7.05 Å². The molecular weight excluding hydrogens is 209 g/mol. The molecule has 0 aliphatic heterocycles. The average Bonchev–Trinajstić information content (AvgIpc) is 2.08. The van der Waals surface area contributed by atoms with E-state index in [0.717, 1.165) is 4.73 Å². The van der Waals surface area contributed by atoms with Crippen LogP contribution in [0.15, 0.2) is 0 Å². The molecule has 0 aromatic carbocycles. The van der Waals surface area contributed by atoms with E-state index >= 15 is 0 Å². The van der Waals surface area contributed by atoms with E-state index in [9.17, 15) is 0 Å². The van der Waals surface area contributed by atoms with Crippen molar-refractivity contribution < 1.29 is 12.4 Å². The van der Waals surface area contributed by atoms with Crippen molar-refractivity contribution in [1.82, 2.24) is 5.32 Å². The third-order valence-electron chi connectivity index (χ3n) is 2.46. The lowest BCUT2D eigenvalue weighted by atomic mass is 10.9. The summed E-state index contributed by atoms with van der Waals surface area (Å²) in [5.41, 5.74) is 0. The van der Waals surface area contributed by atoms with Crippen molar-refractivity contribution in [2.75, 3.05) is 25.5 Å². The maximum Gasteiger partial charge on any atom is 0.221 e. The van der Waals surface area contributed by atoms with Gasteiger partial charge in [0.2, 0.25) is 4.73 Å². The van der Waals surface area contributed by atoms with Gasteiger partial charge in [0.25, 0.3) is 0 Å². The lowest BCUT2D eigenvalue weighted by Crippen LogP contribution is -3.00. The Balaban J connectivity index is 0. The first kappa shape index (κ1) is 15.1. The molecule has 0 aromatic rings. The minimum absolute atomic E-state index is 0. The zero-order valence-corrected chi connectivity index (χ0v) is 10.8. The summed E-state index contributed by atoms with van der Waals surface area (Å²) in [4.78, 5) is 0. The first-order valence-corrected chi connectivity index (χ1v) is 7.00. The van der Waals surface area contributed by atoms with Crippen LogP contribution in [-0.2, 0) is 0 Å². The van der Waals surface area contributed by atoms with Gasteiger partial charge in [-0.3, -0.25) is 0 Å². The van der Waals surface area contributed by atoms with Crippen LogP contribution in [0, 0.1) is 0 Å². The molecule has 74 valence electrons. The van der Waals surface area contributed by atoms with E-state index in [2.05, 4.69) is 26.1 Å². The van der Waals surface area contributed by atoms with Crippen molar-refractivity contribution in [2.24, 2.45) is 0 Å². The fourth-order valence-electron chi connectivity index (χ4n) is 1.34. The molecule has 0 heterocycles. The molecule has 0 unspecified atom stereocenters. The highest BCUT2D eigenvalue weighted by Gasteiger charge is 2.36. The Morgan fingerprint density at radius 2 is 1.50 bits per heavy atom. The predicted octanol–water partition coefficient (Wildman–Crippen LogP) is -0.428. The van der Waals surface area contributed by atoms with Gasteiger partial charge >= 0.3 is 0 Å². The van der Waals surface area contributed by atoms with Gasteiger partial charge in [-0.15, -0.1) is 0 Å². The molecule has 0 saturated heterocycles. The van der Waals surface area contributed by atoms with Crippen LogP contribution in [0.5, 0.6) is 0 Å². The van der Waals surface area contributed by atoms with Crippen LogP contribution in [0.3, 0.4) is 0 Å². The first-order valence-electron chi connectivity index (χ1n) is 4.25. The van der Waals surface area contributed by atoms with Crippen molar-refractivity contribution >= 4 is 24.2 Å². The lowest BCUT2D eigenvalue weighted by Gasteiger charge is -2.22. The fourth-order valence-corrected chi connectivity index (χ4v) is 5.18. The smallest absolute Gasteiger partial charge is 0.221 e. The molecule has 0 fully saturated rings. The van der Waals surface area contributed by atoms with Gasteiger partial charge in [0.05, 0.1) is 25.7 Å². The van der Waals surface area contributed by atoms with E-state index in [1.807, 2.05) is 7.05 Å². The molecule has 0 aliphatic rings. The Hall–Kier alpha value is 0.610. The van der Waals surface area contributed by atoms with Crippen LogP contribution in [-0.4, -0.2) is 30.3 Å². The minimum Gasteiger partial charge on any atom is -1.00 e. The molecule has 0 bridgehead atoms. The van der Waals surface area contributed by atoms with Crippen molar-refractivity contribution in [1.29, 1.82) is 0 Å². The van der Waals surface area contributed by atoms with E-state index in [0.29, 0.717) is 0 Å². The number of hydrogen-bond donors (Lipinski definition) is 1. The van der Waals surface area contributed by atoms with Gasteiger partial charge in [-0.1, -0.05) is 0 Å². The zero-order valence-electron chi connectivity index (χ0n) is 8.35. The van der Waals surface area contributed by atoms with Crippen molar-refractivity contribution in [3.05, 3.63) is 0 Å². The Morgan fingerprint density at radius 3 is 1.58 bits per heavy atom. The van der Waals surface area contributed by atoms with Crippen LogP contribution in [0.4, 0.5) is 0 Å². The van der Waals surface area contributed by atoms with Gasteiger partial charge in [-0.25, -0.2) is 0 Å². The summed E-state index contributed by atoms with van der Waals surface area (Å²) in [5.74, 6) is 0. The number of thiocarbonyl (C=S) groups is 1. The fraction of sp³-hybridized carbons (Fsp3) is 0.875. The number of halogens is 1. The third kappa shape index (κ3) is 3.16. The van der Waals surface area contributed by atoms with Gasteiger partial charge < -0.3 is 17.7 Å². The molecule has 0 atom stereocenters. The SMILES string of the molecule is CC[P+](CC)(CC)C(=S)NC.[Cl-]. The van der Waals surface area contributed by atoms with E-state index in [4.69, 9.17) is 12.2 Å². The van der Waals surface area contributed by atoms with Crippen molar-refractivity contribution in [3.63, 3.8) is 0 Å². The molecule has 0 amide bonds. The second kappa shape index (κ2) is 7.06. The third-order valence-corrected chi connectivity index (χ3v) is 8.54. The van der Waals surface area contributed by atoms with Gasteiger partial charge in [0.1, 0.15) is 0 Å². The normalized spacial score (nSPS) is 10.3. The van der Waals surface area contributed by atoms with Gasteiger partial charge in [0.15, 0.2) is 0 Å². The quantitative estimate of drug-likeness (QED) is 0.517. The number of rotatable bonds is 4. The summed E-state index contributed by atoms with van der Waals surface area (Å²) < 4.78 is 1.13. The van der Waals surface area contributed by atoms with E-state index in [-0.39, 0.29) is 12.4 Å². The largest absolute Gasteiger partial charge is 1.00 e. The maximum atomic E-state index is 5.32. The molecule has 4 heteroatoms. The molecule has 1 nitrogen and oxygen atoms in total. The molecule has 0 spiro atoms. The zero-order chi connectivity index (χ0) is 8.91. The minimum atomic E-state index is -0.910. The highest BCUT2D eigenvalue weighted by molar-refractivity contribution is 8.06. The topological polar surface area (TPSA) is 12.0 Å². The number of nitrogens with one attached hydrogen (secondary N) is 1. The summed E-state index contributed by atoms with van der Waals surface area (Å²) in [5, 5.41) is 3.14. The van der Waals surface area contributed by atoms with E-state index in [1.54, 1.807) is 0 Å².